The summed E-state index contributed by atoms with van der Waals surface area (Å²) in [6.45, 7) is 6.21. The zero-order chi connectivity index (χ0) is 22.9. The number of carbonyl (C=O) groups excluding carboxylic acids is 1. The normalized spacial score (nSPS) is 17.3. The monoisotopic (exact) mass is 443 g/mol. The van der Waals surface area contributed by atoms with Crippen molar-refractivity contribution in [2.24, 2.45) is 0 Å². The molecule has 1 aliphatic carbocycles. The quantitative estimate of drug-likeness (QED) is 0.589. The standard InChI is InChI=1S/C26H29N5O2/c1-4-30(5-2)18-15-13-17(14-16-18)24-23-20(10-8-11-21(23)32)27-26-28-25(29-31(24)26)19-9-6-7-12-22(19)33-3/h6-7,9,12-16,24H,4-5,8,10-11H2,1-3H3,(H,27,28,29). The van der Waals surface area contributed by atoms with Gasteiger partial charge in [0, 0.05) is 36.5 Å². The number of anilines is 2. The molecule has 7 nitrogen and oxygen atoms in total. The second kappa shape index (κ2) is 8.73. The SMILES string of the molecule is CCN(CC)c1ccc(C2C3=C(CCCC3=O)Nc3nc(-c4ccccc4OC)nn32)cc1. The molecule has 1 aromatic heterocycles. The number of aromatic nitrogens is 3. The molecule has 0 fully saturated rings. The third-order valence-electron chi connectivity index (χ3n) is 6.55. The fourth-order valence-corrected chi connectivity index (χ4v) is 4.86. The van der Waals surface area contributed by atoms with Gasteiger partial charge in [-0.3, -0.25) is 4.79 Å². The van der Waals surface area contributed by atoms with E-state index in [-0.39, 0.29) is 11.8 Å². The van der Waals surface area contributed by atoms with E-state index in [1.165, 1.54) is 5.69 Å². The molecule has 3 aromatic rings. The van der Waals surface area contributed by atoms with Crippen LogP contribution in [0.15, 0.2) is 59.8 Å². The second-order valence-electron chi connectivity index (χ2n) is 8.36. The molecule has 33 heavy (non-hydrogen) atoms. The van der Waals surface area contributed by atoms with Crippen molar-refractivity contribution in [1.29, 1.82) is 0 Å². The first kappa shape index (κ1) is 21.2. The maximum atomic E-state index is 13.1. The number of nitrogens with one attached hydrogen (secondary N) is 1. The van der Waals surface area contributed by atoms with Crippen molar-refractivity contribution in [1.82, 2.24) is 14.8 Å². The molecule has 0 saturated heterocycles. The van der Waals surface area contributed by atoms with E-state index >= 15 is 0 Å². The minimum Gasteiger partial charge on any atom is -0.496 e. The number of hydrogen-bond donors (Lipinski definition) is 1. The van der Waals surface area contributed by atoms with Crippen LogP contribution in [0.4, 0.5) is 11.6 Å². The summed E-state index contributed by atoms with van der Waals surface area (Å²) in [5.74, 6) is 2.13. The summed E-state index contributed by atoms with van der Waals surface area (Å²) in [6.07, 6.45) is 2.26. The van der Waals surface area contributed by atoms with Gasteiger partial charge in [0.05, 0.1) is 12.7 Å². The van der Waals surface area contributed by atoms with Crippen LogP contribution in [-0.2, 0) is 4.79 Å². The minimum atomic E-state index is -0.300. The van der Waals surface area contributed by atoms with E-state index < -0.39 is 0 Å². The van der Waals surface area contributed by atoms with Crippen molar-refractivity contribution in [2.45, 2.75) is 39.2 Å². The molecule has 1 aliphatic heterocycles. The number of benzene rings is 2. The van der Waals surface area contributed by atoms with Gasteiger partial charge in [-0.2, -0.15) is 4.98 Å². The minimum absolute atomic E-state index is 0.182. The molecule has 7 heteroatoms. The Balaban J connectivity index is 1.62. The maximum absolute atomic E-state index is 13.1. The Morgan fingerprint density at radius 3 is 2.58 bits per heavy atom. The van der Waals surface area contributed by atoms with Crippen LogP contribution >= 0.6 is 0 Å². The van der Waals surface area contributed by atoms with Crippen LogP contribution in [0.3, 0.4) is 0 Å². The van der Waals surface area contributed by atoms with E-state index in [0.29, 0.717) is 18.2 Å². The van der Waals surface area contributed by atoms with Crippen molar-refractivity contribution >= 4 is 17.4 Å². The lowest BCUT2D eigenvalue weighted by atomic mass is 9.85. The zero-order valence-electron chi connectivity index (χ0n) is 19.3. The molecule has 0 amide bonds. The molecule has 170 valence electrons. The lowest BCUT2D eigenvalue weighted by Gasteiger charge is -2.32. The molecule has 2 aliphatic rings. The molecule has 0 spiro atoms. The van der Waals surface area contributed by atoms with E-state index in [4.69, 9.17) is 14.8 Å². The van der Waals surface area contributed by atoms with E-state index in [9.17, 15) is 4.79 Å². The van der Waals surface area contributed by atoms with E-state index in [2.05, 4.69) is 48.3 Å². The van der Waals surface area contributed by atoms with Gasteiger partial charge in [-0.1, -0.05) is 24.3 Å². The van der Waals surface area contributed by atoms with Crippen LogP contribution in [0.2, 0.25) is 0 Å². The average Bonchev–Trinajstić information content (AvgIpc) is 3.28. The summed E-state index contributed by atoms with van der Waals surface area (Å²) in [6, 6.07) is 15.9. The van der Waals surface area contributed by atoms with Gasteiger partial charge >= 0.3 is 0 Å². The van der Waals surface area contributed by atoms with Gasteiger partial charge in [0.25, 0.3) is 0 Å². The first-order valence-corrected chi connectivity index (χ1v) is 11.6. The number of carbonyl (C=O) groups is 1. The van der Waals surface area contributed by atoms with Crippen molar-refractivity contribution < 1.29 is 9.53 Å². The Hall–Kier alpha value is -3.61. The molecule has 0 bridgehead atoms. The van der Waals surface area contributed by atoms with Gasteiger partial charge in [-0.25, -0.2) is 4.68 Å². The fraction of sp³-hybridized carbons (Fsp3) is 0.346. The number of nitrogens with zero attached hydrogens (tertiary/aromatic N) is 4. The zero-order valence-corrected chi connectivity index (χ0v) is 19.3. The van der Waals surface area contributed by atoms with Crippen molar-refractivity contribution in [3.8, 4) is 17.1 Å². The number of fused-ring (bicyclic) bond motifs is 1. The Labute approximate surface area is 194 Å². The molecule has 0 saturated carbocycles. The van der Waals surface area contributed by atoms with Crippen molar-refractivity contribution in [3.05, 3.63) is 65.4 Å². The summed E-state index contributed by atoms with van der Waals surface area (Å²) < 4.78 is 7.39. The Morgan fingerprint density at radius 2 is 1.85 bits per heavy atom. The molecular formula is C26H29N5O2. The Kier molecular flexibility index (Phi) is 5.62. The van der Waals surface area contributed by atoms with Crippen molar-refractivity contribution in [3.63, 3.8) is 0 Å². The summed E-state index contributed by atoms with van der Waals surface area (Å²) in [5.41, 5.74) is 4.81. The highest BCUT2D eigenvalue weighted by atomic mass is 16.5. The third kappa shape index (κ3) is 3.67. The molecular weight excluding hydrogens is 414 g/mol. The predicted molar refractivity (Wildman–Crippen MR) is 130 cm³/mol. The predicted octanol–water partition coefficient (Wildman–Crippen LogP) is 4.82. The van der Waals surface area contributed by atoms with Crippen LogP contribution in [0.1, 0.15) is 44.7 Å². The lowest BCUT2D eigenvalue weighted by molar-refractivity contribution is -0.116. The number of ketones is 1. The lowest BCUT2D eigenvalue weighted by Crippen LogP contribution is -2.31. The Morgan fingerprint density at radius 1 is 1.09 bits per heavy atom. The van der Waals surface area contributed by atoms with Gasteiger partial charge in [-0.05, 0) is 56.5 Å². The van der Waals surface area contributed by atoms with Crippen LogP contribution in [0.5, 0.6) is 5.75 Å². The smallest absolute Gasteiger partial charge is 0.226 e. The number of methoxy groups -OCH3 is 1. The van der Waals surface area contributed by atoms with Gasteiger partial charge in [0.1, 0.15) is 11.8 Å². The third-order valence-corrected chi connectivity index (χ3v) is 6.55. The first-order chi connectivity index (χ1) is 16.1. The van der Waals surface area contributed by atoms with Gasteiger partial charge < -0.3 is 15.0 Å². The topological polar surface area (TPSA) is 72.3 Å². The summed E-state index contributed by atoms with van der Waals surface area (Å²) >= 11 is 0. The maximum Gasteiger partial charge on any atom is 0.226 e. The molecule has 1 unspecified atom stereocenters. The van der Waals surface area contributed by atoms with Crippen LogP contribution in [-0.4, -0.2) is 40.7 Å². The highest BCUT2D eigenvalue weighted by Gasteiger charge is 2.37. The van der Waals surface area contributed by atoms with Crippen LogP contribution in [0, 0.1) is 0 Å². The number of para-hydroxylation sites is 1. The molecule has 2 heterocycles. The molecule has 1 N–H and O–H groups in total. The number of rotatable bonds is 6. The fourth-order valence-electron chi connectivity index (χ4n) is 4.86. The summed E-state index contributed by atoms with van der Waals surface area (Å²) in [5, 5.41) is 8.27. The average molecular weight is 444 g/mol. The van der Waals surface area contributed by atoms with E-state index in [1.54, 1.807) is 7.11 Å². The molecule has 2 aromatic carbocycles. The molecule has 1 atom stereocenters. The highest BCUT2D eigenvalue weighted by molar-refractivity contribution is 5.99. The largest absolute Gasteiger partial charge is 0.496 e. The molecule has 0 radical (unpaired) electrons. The number of allylic oxidation sites excluding steroid dienone is 2. The highest BCUT2D eigenvalue weighted by Crippen LogP contribution is 2.41. The van der Waals surface area contributed by atoms with E-state index in [0.717, 1.165) is 54.1 Å². The van der Waals surface area contributed by atoms with Crippen LogP contribution in [0.25, 0.3) is 11.4 Å². The van der Waals surface area contributed by atoms with Gasteiger partial charge in [-0.15, -0.1) is 5.10 Å². The Bertz CT molecular complexity index is 1210. The van der Waals surface area contributed by atoms with E-state index in [1.807, 2.05) is 28.9 Å². The van der Waals surface area contributed by atoms with Gasteiger partial charge in [0.15, 0.2) is 11.6 Å². The number of hydrogen-bond acceptors (Lipinski definition) is 6. The van der Waals surface area contributed by atoms with Crippen LogP contribution < -0.4 is 15.0 Å². The molecule has 5 rings (SSSR count). The van der Waals surface area contributed by atoms with Gasteiger partial charge in [0.2, 0.25) is 5.95 Å². The summed E-state index contributed by atoms with van der Waals surface area (Å²) in [7, 11) is 1.65. The van der Waals surface area contributed by atoms with Crippen molar-refractivity contribution in [2.75, 3.05) is 30.4 Å². The first-order valence-electron chi connectivity index (χ1n) is 11.6. The summed E-state index contributed by atoms with van der Waals surface area (Å²) in [4.78, 5) is 20.2. The number of ether oxygens (including phenoxy) is 1. The number of Topliss-reactive ketones (excluding diaryl/α,β-unsaturated/α-hetero) is 1. The second-order valence-corrected chi connectivity index (χ2v) is 8.36.